The van der Waals surface area contributed by atoms with Gasteiger partial charge in [-0.3, -0.25) is 4.79 Å². The van der Waals surface area contributed by atoms with Crippen molar-refractivity contribution < 1.29 is 23.8 Å². The van der Waals surface area contributed by atoms with E-state index in [2.05, 4.69) is 0 Å². The number of carbonyl (C=O) groups is 2. The highest BCUT2D eigenvalue weighted by atomic mass is 32.2. The fourth-order valence-corrected chi connectivity index (χ4v) is 8.42. The van der Waals surface area contributed by atoms with Crippen LogP contribution in [0.25, 0.3) is 0 Å². The molecule has 1 N–H and O–H groups in total. The van der Waals surface area contributed by atoms with Crippen LogP contribution in [0.4, 0.5) is 4.39 Å². The molecule has 0 unspecified atom stereocenters. The smallest absolute Gasteiger partial charge is 0.327 e. The van der Waals surface area contributed by atoms with Gasteiger partial charge in [0, 0.05) is 17.2 Å². The molecule has 1 atom stereocenters. The Morgan fingerprint density at radius 3 is 2.38 bits per heavy atom. The molecular formula is C25H30FNO4S. The van der Waals surface area contributed by atoms with Crippen molar-refractivity contribution in [2.75, 3.05) is 18.2 Å². The van der Waals surface area contributed by atoms with E-state index in [1.807, 2.05) is 0 Å². The number of rotatable bonds is 6. The molecule has 1 aromatic rings. The second-order valence-electron chi connectivity index (χ2n) is 11.0. The van der Waals surface area contributed by atoms with Crippen molar-refractivity contribution in [2.45, 2.75) is 63.3 Å². The van der Waals surface area contributed by atoms with Crippen LogP contribution < -0.4 is 4.74 Å². The SMILES string of the molecule is O=C(O)[C@@H]1CSCN1C(=O)c1cc(C2CC2)c(OCC23CC4CC(CC(C4)C2)C3)cc1F. The van der Waals surface area contributed by atoms with Crippen molar-refractivity contribution in [2.24, 2.45) is 23.2 Å². The molecule has 1 saturated heterocycles. The zero-order valence-corrected chi connectivity index (χ0v) is 19.0. The lowest BCUT2D eigenvalue weighted by Crippen LogP contribution is -2.48. The fourth-order valence-electron chi connectivity index (χ4n) is 7.27. The number of nitrogens with zero attached hydrogens (tertiary/aromatic N) is 1. The minimum absolute atomic E-state index is 0.0252. The van der Waals surface area contributed by atoms with Crippen LogP contribution in [0.1, 0.15) is 73.2 Å². The first-order chi connectivity index (χ1) is 15.4. The second-order valence-corrected chi connectivity index (χ2v) is 12.0. The Hall–Kier alpha value is -1.76. The number of amides is 1. The number of carboxylic acids is 1. The summed E-state index contributed by atoms with van der Waals surface area (Å²) >= 11 is 1.39. The maximum atomic E-state index is 15.1. The van der Waals surface area contributed by atoms with E-state index in [1.165, 1.54) is 61.3 Å². The molecule has 5 saturated carbocycles. The van der Waals surface area contributed by atoms with Gasteiger partial charge < -0.3 is 14.7 Å². The average Bonchev–Trinajstić information content (AvgIpc) is 3.45. The molecule has 6 fully saturated rings. The van der Waals surface area contributed by atoms with Crippen LogP contribution in [0.15, 0.2) is 12.1 Å². The summed E-state index contributed by atoms with van der Waals surface area (Å²) < 4.78 is 21.5. The predicted molar refractivity (Wildman–Crippen MR) is 119 cm³/mol. The molecule has 0 spiro atoms. The Bertz CT molecular complexity index is 926. The van der Waals surface area contributed by atoms with Gasteiger partial charge in [0.2, 0.25) is 0 Å². The average molecular weight is 460 g/mol. The van der Waals surface area contributed by atoms with E-state index in [-0.39, 0.29) is 16.9 Å². The molecule has 0 radical (unpaired) electrons. The Balaban J connectivity index is 1.24. The van der Waals surface area contributed by atoms with Crippen LogP contribution in [0.3, 0.4) is 0 Å². The van der Waals surface area contributed by atoms with Crippen LogP contribution in [0.5, 0.6) is 5.75 Å². The Kier molecular flexibility index (Phi) is 4.97. The van der Waals surface area contributed by atoms with E-state index in [0.717, 1.165) is 36.2 Å². The topological polar surface area (TPSA) is 66.8 Å². The zero-order chi connectivity index (χ0) is 22.0. The largest absolute Gasteiger partial charge is 0.493 e. The number of ether oxygens (including phenoxy) is 1. The predicted octanol–water partition coefficient (Wildman–Crippen LogP) is 4.90. The Labute approximate surface area is 192 Å². The number of aliphatic carboxylic acids is 1. The number of thioether (sulfide) groups is 1. The Morgan fingerprint density at radius 1 is 1.12 bits per heavy atom. The molecule has 1 amide bonds. The van der Waals surface area contributed by atoms with Gasteiger partial charge in [-0.1, -0.05) is 0 Å². The van der Waals surface area contributed by atoms with Crippen LogP contribution in [-0.4, -0.2) is 46.2 Å². The van der Waals surface area contributed by atoms with Crippen molar-refractivity contribution >= 4 is 23.6 Å². The summed E-state index contributed by atoms with van der Waals surface area (Å²) in [7, 11) is 0. The maximum Gasteiger partial charge on any atom is 0.327 e. The summed E-state index contributed by atoms with van der Waals surface area (Å²) in [5.41, 5.74) is 1.13. The van der Waals surface area contributed by atoms with E-state index in [4.69, 9.17) is 4.74 Å². The van der Waals surface area contributed by atoms with E-state index in [9.17, 15) is 14.7 Å². The molecule has 172 valence electrons. The molecule has 32 heavy (non-hydrogen) atoms. The molecule has 5 aliphatic carbocycles. The summed E-state index contributed by atoms with van der Waals surface area (Å²) in [6.07, 6.45) is 9.88. The fraction of sp³-hybridized carbons (Fsp3) is 0.680. The molecule has 7 rings (SSSR count). The van der Waals surface area contributed by atoms with E-state index < -0.39 is 23.7 Å². The van der Waals surface area contributed by atoms with Crippen molar-refractivity contribution in [3.8, 4) is 5.75 Å². The number of carboxylic acid groups (broad SMARTS) is 1. The van der Waals surface area contributed by atoms with Crippen LogP contribution in [-0.2, 0) is 4.79 Å². The van der Waals surface area contributed by atoms with Gasteiger partial charge in [-0.15, -0.1) is 11.8 Å². The third kappa shape index (κ3) is 3.61. The van der Waals surface area contributed by atoms with Gasteiger partial charge in [0.15, 0.2) is 0 Å². The van der Waals surface area contributed by atoms with Gasteiger partial charge in [-0.25, -0.2) is 9.18 Å². The number of carbonyl (C=O) groups excluding carboxylic acids is 1. The van der Waals surface area contributed by atoms with Gasteiger partial charge in [-0.2, -0.15) is 0 Å². The van der Waals surface area contributed by atoms with Crippen molar-refractivity contribution in [3.63, 3.8) is 0 Å². The van der Waals surface area contributed by atoms with Crippen molar-refractivity contribution in [1.82, 2.24) is 4.90 Å². The second kappa shape index (κ2) is 7.64. The summed E-state index contributed by atoms with van der Waals surface area (Å²) in [6, 6.07) is 2.13. The third-order valence-corrected chi connectivity index (χ3v) is 9.49. The molecule has 6 aliphatic rings. The normalized spacial score (nSPS) is 35.3. The quantitative estimate of drug-likeness (QED) is 0.656. The van der Waals surface area contributed by atoms with Crippen LogP contribution in [0, 0.1) is 29.0 Å². The summed E-state index contributed by atoms with van der Waals surface area (Å²) in [5.74, 6) is 1.83. The number of benzene rings is 1. The minimum atomic E-state index is -1.04. The Morgan fingerprint density at radius 2 is 1.78 bits per heavy atom. The molecule has 1 heterocycles. The maximum absolute atomic E-state index is 15.1. The number of halogens is 1. The molecule has 7 heteroatoms. The number of hydrogen-bond acceptors (Lipinski definition) is 4. The summed E-state index contributed by atoms with van der Waals surface area (Å²) in [5, 5.41) is 9.41. The van der Waals surface area contributed by atoms with Crippen molar-refractivity contribution in [3.05, 3.63) is 29.1 Å². The minimum Gasteiger partial charge on any atom is -0.493 e. The standard InChI is InChI=1S/C25H30FNO4S/c26-20-7-22(31-12-25-8-14-3-15(9-25)5-16(4-14)10-25)18(17-1-2-17)6-19(20)23(28)27-13-32-11-21(27)24(29)30/h6-7,14-17,21H,1-5,8-13H2,(H,29,30)/t14?,15?,16?,21-,25?/m0/s1. The summed E-state index contributed by atoms with van der Waals surface area (Å²) in [6.45, 7) is 0.646. The van der Waals surface area contributed by atoms with Gasteiger partial charge in [0.1, 0.15) is 17.6 Å². The van der Waals surface area contributed by atoms with Crippen molar-refractivity contribution in [1.29, 1.82) is 0 Å². The van der Waals surface area contributed by atoms with Crippen LogP contribution in [0.2, 0.25) is 0 Å². The van der Waals surface area contributed by atoms with E-state index in [1.54, 1.807) is 6.07 Å². The number of hydrogen-bond donors (Lipinski definition) is 1. The lowest BCUT2D eigenvalue weighted by atomic mass is 9.50. The zero-order valence-electron chi connectivity index (χ0n) is 18.2. The first kappa shape index (κ1) is 20.8. The van der Waals surface area contributed by atoms with Gasteiger partial charge in [0.25, 0.3) is 5.91 Å². The first-order valence-corrected chi connectivity index (χ1v) is 13.1. The third-order valence-electron chi connectivity index (χ3n) is 8.47. The molecule has 1 aliphatic heterocycles. The lowest BCUT2D eigenvalue weighted by molar-refractivity contribution is -0.140. The highest BCUT2D eigenvalue weighted by Crippen LogP contribution is 2.60. The molecule has 1 aromatic carbocycles. The summed E-state index contributed by atoms with van der Waals surface area (Å²) in [4.78, 5) is 25.8. The highest BCUT2D eigenvalue weighted by Gasteiger charge is 2.51. The lowest BCUT2D eigenvalue weighted by Gasteiger charge is -2.56. The van der Waals surface area contributed by atoms with Gasteiger partial charge in [0.05, 0.1) is 18.0 Å². The highest BCUT2D eigenvalue weighted by molar-refractivity contribution is 7.99. The van der Waals surface area contributed by atoms with E-state index >= 15 is 4.39 Å². The van der Waals surface area contributed by atoms with Gasteiger partial charge >= 0.3 is 5.97 Å². The monoisotopic (exact) mass is 459 g/mol. The van der Waals surface area contributed by atoms with Gasteiger partial charge in [-0.05, 0) is 86.7 Å². The van der Waals surface area contributed by atoms with E-state index in [0.29, 0.717) is 24.0 Å². The molecule has 4 bridgehead atoms. The van der Waals surface area contributed by atoms with Crippen LogP contribution >= 0.6 is 11.8 Å². The first-order valence-electron chi connectivity index (χ1n) is 12.0. The molecule has 0 aromatic heterocycles. The molecule has 5 nitrogen and oxygen atoms in total. The molecular weight excluding hydrogens is 429 g/mol.